The van der Waals surface area contributed by atoms with Gasteiger partial charge in [0.15, 0.2) is 0 Å². The molecule has 14 heavy (non-hydrogen) atoms. The van der Waals surface area contributed by atoms with E-state index in [1.807, 2.05) is 4.98 Å². The molecule has 0 saturated carbocycles. The van der Waals surface area contributed by atoms with Crippen LogP contribution < -0.4 is 22.3 Å². The minimum absolute atomic E-state index is 0.0753. The van der Waals surface area contributed by atoms with Crippen LogP contribution in [0.1, 0.15) is 0 Å². The lowest BCUT2D eigenvalue weighted by Crippen LogP contribution is -2.26. The molecule has 0 fully saturated rings. The summed E-state index contributed by atoms with van der Waals surface area (Å²) in [5.74, 6) is 0.0753. The number of aromatic amines is 2. The van der Waals surface area contributed by atoms with Crippen LogP contribution in [0.2, 0.25) is 0 Å². The molecule has 0 unspecified atom stereocenters. The molecule has 0 atom stereocenters. The van der Waals surface area contributed by atoms with Crippen LogP contribution in [-0.4, -0.2) is 28.3 Å². The molecule has 0 aromatic carbocycles. The largest absolute Gasteiger partial charge is 0.361 e. The molecule has 76 valence electrons. The first-order valence-electron chi connectivity index (χ1n) is 4.02. The lowest BCUT2D eigenvalue weighted by Gasteiger charge is -1.98. The Kier molecular flexibility index (Phi) is 3.62. The van der Waals surface area contributed by atoms with E-state index in [-0.39, 0.29) is 5.82 Å². The highest BCUT2D eigenvalue weighted by Gasteiger charge is 1.98. The van der Waals surface area contributed by atoms with Crippen LogP contribution in [0.3, 0.4) is 0 Å². The fraction of sp³-hybridized carbons (Fsp3) is 0.286. The van der Waals surface area contributed by atoms with Crippen molar-refractivity contribution in [3.63, 3.8) is 0 Å². The predicted molar refractivity (Wildman–Crippen MR) is 52.2 cm³/mol. The molecule has 0 aliphatic rings. The fourth-order valence-corrected chi connectivity index (χ4v) is 0.803. The minimum Gasteiger partial charge on any atom is -0.361 e. The molecule has 0 saturated heterocycles. The minimum atomic E-state index is -0.627. The van der Waals surface area contributed by atoms with E-state index in [4.69, 9.17) is 5.73 Å². The third-order valence-electron chi connectivity index (χ3n) is 1.40. The monoisotopic (exact) mass is 197 g/mol. The molecule has 5 N–H and O–H groups in total. The maximum Gasteiger partial charge on any atom is 0.342 e. The van der Waals surface area contributed by atoms with Gasteiger partial charge in [-0.1, -0.05) is 12.2 Å². The molecule has 1 aromatic heterocycles. The van der Waals surface area contributed by atoms with Gasteiger partial charge in [0.05, 0.1) is 0 Å². The maximum atomic E-state index is 11.1. The third kappa shape index (κ3) is 2.87. The Morgan fingerprint density at radius 2 is 2.21 bits per heavy atom. The molecule has 1 heterocycles. The van der Waals surface area contributed by atoms with Gasteiger partial charge < -0.3 is 11.1 Å². The Labute approximate surface area is 79.0 Å². The van der Waals surface area contributed by atoms with Crippen LogP contribution in [0.5, 0.6) is 0 Å². The zero-order valence-electron chi connectivity index (χ0n) is 7.41. The number of anilines is 1. The normalized spacial score (nSPS) is 10.6. The molecular formula is C7H11N5O2. The standard InChI is InChI=1S/C7H11N5O2/c8-3-1-2-4-9-5-6(13)10-7(14)12-11-5/h1-2H,3-4,8H2,(H,9,11)(H2,10,12,13,14)/b2-1+. The lowest BCUT2D eigenvalue weighted by molar-refractivity contribution is 0.890. The Balaban J connectivity index is 2.64. The molecule has 0 aliphatic carbocycles. The van der Waals surface area contributed by atoms with Crippen molar-refractivity contribution in [3.8, 4) is 0 Å². The van der Waals surface area contributed by atoms with Crippen LogP contribution in [0.15, 0.2) is 21.7 Å². The number of nitrogens with two attached hydrogens (primary N) is 1. The van der Waals surface area contributed by atoms with Gasteiger partial charge in [0, 0.05) is 13.1 Å². The van der Waals surface area contributed by atoms with Gasteiger partial charge in [0.2, 0.25) is 5.82 Å². The van der Waals surface area contributed by atoms with Crippen molar-refractivity contribution in [1.82, 2.24) is 15.2 Å². The zero-order chi connectivity index (χ0) is 10.4. The second-order valence-corrected chi connectivity index (χ2v) is 2.44. The van der Waals surface area contributed by atoms with E-state index < -0.39 is 11.2 Å². The highest BCUT2D eigenvalue weighted by molar-refractivity contribution is 5.29. The Morgan fingerprint density at radius 3 is 2.86 bits per heavy atom. The Bertz CT molecular complexity index is 419. The van der Waals surface area contributed by atoms with Crippen LogP contribution in [0, 0.1) is 0 Å². The van der Waals surface area contributed by atoms with Crippen LogP contribution >= 0.6 is 0 Å². The van der Waals surface area contributed by atoms with Crippen molar-refractivity contribution < 1.29 is 0 Å². The number of nitrogens with one attached hydrogen (secondary N) is 3. The van der Waals surface area contributed by atoms with Gasteiger partial charge in [-0.05, 0) is 0 Å². The van der Waals surface area contributed by atoms with Crippen LogP contribution in [-0.2, 0) is 0 Å². The van der Waals surface area contributed by atoms with Gasteiger partial charge in [-0.15, -0.1) is 5.10 Å². The second kappa shape index (κ2) is 4.97. The third-order valence-corrected chi connectivity index (χ3v) is 1.40. The SMILES string of the molecule is NC/C=C/CNc1n[nH]c(=O)[nH]c1=O. The van der Waals surface area contributed by atoms with Crippen molar-refractivity contribution >= 4 is 5.82 Å². The first-order valence-corrected chi connectivity index (χ1v) is 4.02. The van der Waals surface area contributed by atoms with Gasteiger partial charge in [0.1, 0.15) is 0 Å². The lowest BCUT2D eigenvalue weighted by atomic mass is 10.5. The van der Waals surface area contributed by atoms with E-state index >= 15 is 0 Å². The summed E-state index contributed by atoms with van der Waals surface area (Å²) in [7, 11) is 0. The van der Waals surface area contributed by atoms with E-state index in [1.54, 1.807) is 12.2 Å². The summed E-state index contributed by atoms with van der Waals surface area (Å²) in [4.78, 5) is 23.7. The average Bonchev–Trinajstić information content (AvgIpc) is 2.15. The summed E-state index contributed by atoms with van der Waals surface area (Å²) in [6.07, 6.45) is 3.50. The molecule has 7 heteroatoms. The number of H-pyrrole nitrogens is 2. The average molecular weight is 197 g/mol. The van der Waals surface area contributed by atoms with E-state index in [2.05, 4.69) is 15.5 Å². The van der Waals surface area contributed by atoms with E-state index in [9.17, 15) is 9.59 Å². The number of nitrogens with zero attached hydrogens (tertiary/aromatic N) is 1. The van der Waals surface area contributed by atoms with E-state index in [0.29, 0.717) is 13.1 Å². The first kappa shape index (κ1) is 10.2. The highest BCUT2D eigenvalue weighted by Crippen LogP contribution is 1.84. The maximum absolute atomic E-state index is 11.1. The number of rotatable bonds is 4. The van der Waals surface area contributed by atoms with Crippen LogP contribution in [0.25, 0.3) is 0 Å². The second-order valence-electron chi connectivity index (χ2n) is 2.44. The van der Waals surface area contributed by atoms with Crippen molar-refractivity contribution in [2.75, 3.05) is 18.4 Å². The van der Waals surface area contributed by atoms with Gasteiger partial charge in [-0.3, -0.25) is 9.78 Å². The van der Waals surface area contributed by atoms with Gasteiger partial charge >= 0.3 is 5.69 Å². The highest BCUT2D eigenvalue weighted by atomic mass is 16.2. The molecule has 0 amide bonds. The molecular weight excluding hydrogens is 186 g/mol. The van der Waals surface area contributed by atoms with Crippen LogP contribution in [0.4, 0.5) is 5.82 Å². The topological polar surface area (TPSA) is 117 Å². The van der Waals surface area contributed by atoms with Crippen molar-refractivity contribution in [2.24, 2.45) is 5.73 Å². The van der Waals surface area contributed by atoms with E-state index in [0.717, 1.165) is 0 Å². The van der Waals surface area contributed by atoms with Crippen molar-refractivity contribution in [1.29, 1.82) is 0 Å². The Hall–Kier alpha value is -1.89. The molecule has 0 spiro atoms. The summed E-state index contributed by atoms with van der Waals surface area (Å²) in [6.45, 7) is 0.871. The van der Waals surface area contributed by atoms with Crippen molar-refractivity contribution in [3.05, 3.63) is 33.0 Å². The van der Waals surface area contributed by atoms with Crippen molar-refractivity contribution in [2.45, 2.75) is 0 Å². The summed E-state index contributed by atoms with van der Waals surface area (Å²) in [5.41, 5.74) is 4.04. The van der Waals surface area contributed by atoms with Gasteiger partial charge in [-0.2, -0.15) is 0 Å². The van der Waals surface area contributed by atoms with Gasteiger partial charge in [-0.25, -0.2) is 9.89 Å². The molecule has 0 radical (unpaired) electrons. The number of hydrogen-bond donors (Lipinski definition) is 4. The smallest absolute Gasteiger partial charge is 0.342 e. The quantitative estimate of drug-likeness (QED) is 0.433. The first-order chi connectivity index (χ1) is 6.74. The summed E-state index contributed by atoms with van der Waals surface area (Å²) < 4.78 is 0. The summed E-state index contributed by atoms with van der Waals surface area (Å²) in [6, 6.07) is 0. The fourth-order valence-electron chi connectivity index (χ4n) is 0.803. The number of aromatic nitrogens is 3. The van der Waals surface area contributed by atoms with Gasteiger partial charge in [0.25, 0.3) is 5.56 Å². The Morgan fingerprint density at radius 1 is 1.43 bits per heavy atom. The number of hydrogen-bond acceptors (Lipinski definition) is 5. The molecule has 1 aromatic rings. The molecule has 1 rings (SSSR count). The summed E-state index contributed by atoms with van der Waals surface area (Å²) >= 11 is 0. The molecule has 7 nitrogen and oxygen atoms in total. The van der Waals surface area contributed by atoms with E-state index in [1.165, 1.54) is 0 Å². The summed E-state index contributed by atoms with van der Waals surface area (Å²) in [5, 5.41) is 8.33. The predicted octanol–water partition coefficient (Wildman–Crippen LogP) is -1.61. The molecule has 0 aliphatic heterocycles. The molecule has 0 bridgehead atoms. The zero-order valence-corrected chi connectivity index (χ0v) is 7.41.